The lowest BCUT2D eigenvalue weighted by atomic mass is 10.0. The summed E-state index contributed by atoms with van der Waals surface area (Å²) in [5.41, 5.74) is -0.655. The largest absolute Gasteiger partial charge is 0.477 e. The molecule has 1 atom stereocenters. The summed E-state index contributed by atoms with van der Waals surface area (Å²) in [6.45, 7) is 3.44. The first-order valence-electron chi connectivity index (χ1n) is 8.21. The molecule has 3 rings (SSSR count). The third-order valence-corrected chi connectivity index (χ3v) is 4.08. The summed E-state index contributed by atoms with van der Waals surface area (Å²) in [7, 11) is 0. The molecular formula is C17H21N5O3. The number of anilines is 1. The standard InChI is InChI=1S/C17H21N5O3/c1-2-25-16-13(4-3-6-20-16)15(23)21-11-17(24)5-9-22(12-17)14-10-18-7-8-19-14/h3-4,6-8,10,24H,2,5,9,11-12H2,1H3,(H,21,23)/t17-/m0/s1. The van der Waals surface area contributed by atoms with Crippen LogP contribution in [-0.4, -0.2) is 57.8 Å². The smallest absolute Gasteiger partial charge is 0.256 e. The highest BCUT2D eigenvalue weighted by molar-refractivity contribution is 5.96. The van der Waals surface area contributed by atoms with Crippen molar-refractivity contribution in [1.29, 1.82) is 0 Å². The van der Waals surface area contributed by atoms with E-state index in [1.54, 1.807) is 36.9 Å². The van der Waals surface area contributed by atoms with Gasteiger partial charge in [0.05, 0.1) is 12.8 Å². The van der Waals surface area contributed by atoms with Crippen molar-refractivity contribution in [2.75, 3.05) is 31.1 Å². The molecule has 8 nitrogen and oxygen atoms in total. The maximum atomic E-state index is 12.4. The Kier molecular flexibility index (Phi) is 5.08. The minimum atomic E-state index is -1.01. The first-order chi connectivity index (χ1) is 12.1. The highest BCUT2D eigenvalue weighted by atomic mass is 16.5. The minimum absolute atomic E-state index is 0.142. The second-order valence-corrected chi connectivity index (χ2v) is 5.93. The highest BCUT2D eigenvalue weighted by Crippen LogP contribution is 2.24. The Morgan fingerprint density at radius 1 is 1.40 bits per heavy atom. The molecule has 0 bridgehead atoms. The van der Waals surface area contributed by atoms with E-state index in [4.69, 9.17) is 4.74 Å². The molecule has 0 spiro atoms. The van der Waals surface area contributed by atoms with E-state index in [0.29, 0.717) is 37.6 Å². The number of pyridine rings is 1. The van der Waals surface area contributed by atoms with Crippen LogP contribution in [-0.2, 0) is 0 Å². The molecule has 0 aliphatic carbocycles. The van der Waals surface area contributed by atoms with Crippen LogP contribution in [0.1, 0.15) is 23.7 Å². The molecule has 2 aromatic heterocycles. The molecular weight excluding hydrogens is 322 g/mol. The third kappa shape index (κ3) is 4.03. The Labute approximate surface area is 145 Å². The van der Waals surface area contributed by atoms with Gasteiger partial charge in [0.15, 0.2) is 0 Å². The molecule has 132 valence electrons. The van der Waals surface area contributed by atoms with Crippen LogP contribution in [0.15, 0.2) is 36.9 Å². The van der Waals surface area contributed by atoms with Gasteiger partial charge in [-0.1, -0.05) is 0 Å². The van der Waals surface area contributed by atoms with Crippen LogP contribution in [0.3, 0.4) is 0 Å². The average molecular weight is 343 g/mol. The second kappa shape index (κ2) is 7.43. The molecule has 1 amide bonds. The predicted molar refractivity (Wildman–Crippen MR) is 91.6 cm³/mol. The predicted octanol–water partition coefficient (Wildman–Crippen LogP) is 0.641. The van der Waals surface area contributed by atoms with Crippen molar-refractivity contribution in [1.82, 2.24) is 20.3 Å². The molecule has 25 heavy (non-hydrogen) atoms. The normalized spacial score (nSPS) is 19.7. The lowest BCUT2D eigenvalue weighted by molar-refractivity contribution is 0.0574. The topological polar surface area (TPSA) is 100 Å². The van der Waals surface area contributed by atoms with Gasteiger partial charge in [0, 0.05) is 38.2 Å². The van der Waals surface area contributed by atoms with Crippen molar-refractivity contribution in [3.63, 3.8) is 0 Å². The number of β-amino-alcohol motifs (C(OH)–C–C–N with tert-alkyl or cyclic N) is 1. The number of carbonyl (C=O) groups is 1. The fraction of sp³-hybridized carbons (Fsp3) is 0.412. The highest BCUT2D eigenvalue weighted by Gasteiger charge is 2.37. The summed E-state index contributed by atoms with van der Waals surface area (Å²) in [6.07, 6.45) is 7.00. The van der Waals surface area contributed by atoms with Crippen LogP contribution in [0.2, 0.25) is 0 Å². The van der Waals surface area contributed by atoms with Crippen LogP contribution >= 0.6 is 0 Å². The van der Waals surface area contributed by atoms with E-state index in [1.165, 1.54) is 0 Å². The molecule has 2 N–H and O–H groups in total. The van der Waals surface area contributed by atoms with Gasteiger partial charge in [-0.05, 0) is 25.5 Å². The summed E-state index contributed by atoms with van der Waals surface area (Å²) >= 11 is 0. The zero-order valence-corrected chi connectivity index (χ0v) is 14.1. The first-order valence-corrected chi connectivity index (χ1v) is 8.21. The quantitative estimate of drug-likeness (QED) is 0.794. The van der Waals surface area contributed by atoms with Gasteiger partial charge in [-0.2, -0.15) is 0 Å². The average Bonchev–Trinajstić information content (AvgIpc) is 3.04. The molecule has 8 heteroatoms. The van der Waals surface area contributed by atoms with E-state index >= 15 is 0 Å². The number of amides is 1. The Morgan fingerprint density at radius 2 is 2.28 bits per heavy atom. The number of hydrogen-bond acceptors (Lipinski definition) is 7. The van der Waals surface area contributed by atoms with Gasteiger partial charge in [0.1, 0.15) is 17.0 Å². The summed E-state index contributed by atoms with van der Waals surface area (Å²) in [5, 5.41) is 13.5. The fourth-order valence-electron chi connectivity index (χ4n) is 2.81. The van der Waals surface area contributed by atoms with E-state index in [-0.39, 0.29) is 12.5 Å². The van der Waals surface area contributed by atoms with E-state index < -0.39 is 5.60 Å². The van der Waals surface area contributed by atoms with Gasteiger partial charge < -0.3 is 20.1 Å². The van der Waals surface area contributed by atoms with Crippen LogP contribution < -0.4 is 15.0 Å². The third-order valence-electron chi connectivity index (χ3n) is 4.08. The molecule has 0 unspecified atom stereocenters. The van der Waals surface area contributed by atoms with Crippen molar-refractivity contribution in [2.45, 2.75) is 18.9 Å². The molecule has 0 aromatic carbocycles. The van der Waals surface area contributed by atoms with Crippen molar-refractivity contribution in [2.24, 2.45) is 0 Å². The Hall–Kier alpha value is -2.74. The van der Waals surface area contributed by atoms with Gasteiger partial charge in [-0.15, -0.1) is 0 Å². The number of aromatic nitrogens is 3. The monoisotopic (exact) mass is 343 g/mol. The zero-order chi connectivity index (χ0) is 17.7. The molecule has 0 saturated carbocycles. The molecule has 2 aromatic rings. The van der Waals surface area contributed by atoms with Gasteiger partial charge in [0.25, 0.3) is 5.91 Å². The number of carbonyl (C=O) groups excluding carboxylic acids is 1. The Bertz CT molecular complexity index is 727. The van der Waals surface area contributed by atoms with Crippen molar-refractivity contribution < 1.29 is 14.6 Å². The van der Waals surface area contributed by atoms with Crippen molar-refractivity contribution in [3.8, 4) is 5.88 Å². The van der Waals surface area contributed by atoms with Crippen LogP contribution in [0.25, 0.3) is 0 Å². The van der Waals surface area contributed by atoms with E-state index in [9.17, 15) is 9.90 Å². The summed E-state index contributed by atoms with van der Waals surface area (Å²) in [4.78, 5) is 26.7. The number of ether oxygens (including phenoxy) is 1. The van der Waals surface area contributed by atoms with Gasteiger partial charge >= 0.3 is 0 Å². The molecule has 1 aliphatic heterocycles. The molecule has 1 aliphatic rings. The van der Waals surface area contributed by atoms with Gasteiger partial charge in [0.2, 0.25) is 5.88 Å². The summed E-state index contributed by atoms with van der Waals surface area (Å²) < 4.78 is 5.37. The fourth-order valence-corrected chi connectivity index (χ4v) is 2.81. The van der Waals surface area contributed by atoms with E-state index in [0.717, 1.165) is 5.82 Å². The number of rotatable bonds is 6. The molecule has 1 fully saturated rings. The minimum Gasteiger partial charge on any atom is -0.477 e. The van der Waals surface area contributed by atoms with Crippen molar-refractivity contribution >= 4 is 11.7 Å². The number of hydrogen-bond donors (Lipinski definition) is 2. The summed E-state index contributed by atoms with van der Waals surface area (Å²) in [6, 6.07) is 3.33. The summed E-state index contributed by atoms with van der Waals surface area (Å²) in [5.74, 6) is 0.695. The van der Waals surface area contributed by atoms with Crippen molar-refractivity contribution in [3.05, 3.63) is 42.5 Å². The van der Waals surface area contributed by atoms with Crippen LogP contribution in [0, 0.1) is 0 Å². The SMILES string of the molecule is CCOc1ncccc1C(=O)NC[C@@]1(O)CCN(c2cnccn2)C1. The zero-order valence-electron chi connectivity index (χ0n) is 14.1. The molecule has 3 heterocycles. The van der Waals surface area contributed by atoms with Gasteiger partial charge in [-0.3, -0.25) is 9.78 Å². The number of aliphatic hydroxyl groups is 1. The maximum absolute atomic E-state index is 12.4. The van der Waals surface area contributed by atoms with E-state index in [2.05, 4.69) is 20.3 Å². The Balaban J connectivity index is 1.61. The molecule has 0 radical (unpaired) electrons. The number of nitrogens with zero attached hydrogens (tertiary/aromatic N) is 4. The molecule has 1 saturated heterocycles. The second-order valence-electron chi connectivity index (χ2n) is 5.93. The van der Waals surface area contributed by atoms with Gasteiger partial charge in [-0.25, -0.2) is 9.97 Å². The van der Waals surface area contributed by atoms with Crippen LogP contribution in [0.4, 0.5) is 5.82 Å². The lowest BCUT2D eigenvalue weighted by Crippen LogP contribution is -2.45. The maximum Gasteiger partial charge on any atom is 0.256 e. The first kappa shape index (κ1) is 17.1. The van der Waals surface area contributed by atoms with Crippen LogP contribution in [0.5, 0.6) is 5.88 Å². The number of nitrogens with one attached hydrogen (secondary N) is 1. The van der Waals surface area contributed by atoms with E-state index in [1.807, 2.05) is 11.8 Å². The lowest BCUT2D eigenvalue weighted by Gasteiger charge is -2.24. The Morgan fingerprint density at radius 3 is 3.04 bits per heavy atom.